The summed E-state index contributed by atoms with van der Waals surface area (Å²) >= 11 is 4.85. The van der Waals surface area contributed by atoms with E-state index in [1.54, 1.807) is 12.3 Å². The Bertz CT molecular complexity index is 802. The maximum Gasteiger partial charge on any atom is 0.275 e. The molecule has 0 aliphatic carbocycles. The van der Waals surface area contributed by atoms with Crippen LogP contribution in [0.2, 0.25) is 0 Å². The molecule has 0 saturated carbocycles. The fraction of sp³-hybridized carbons (Fsp3) is 0.118. The molecule has 6 nitrogen and oxygen atoms in total. The highest BCUT2D eigenvalue weighted by atomic mass is 32.1. The first-order chi connectivity index (χ1) is 11.5. The molecule has 3 N–H and O–H groups in total. The minimum Gasteiger partial charge on any atom is -0.375 e. The molecule has 2 rings (SSSR count). The van der Waals surface area contributed by atoms with Gasteiger partial charge in [-0.15, -0.1) is 6.58 Å². The van der Waals surface area contributed by atoms with Crippen molar-refractivity contribution in [2.75, 3.05) is 6.54 Å². The molecule has 1 heterocycles. The predicted octanol–water partition coefficient (Wildman–Crippen LogP) is 1.27. The van der Waals surface area contributed by atoms with Crippen LogP contribution in [0.3, 0.4) is 0 Å². The molecular weight excluding hydrogens is 324 g/mol. The molecule has 0 spiro atoms. The number of pyridine rings is 1. The minimum atomic E-state index is -0.572. The van der Waals surface area contributed by atoms with Crippen molar-refractivity contribution < 1.29 is 4.79 Å². The van der Waals surface area contributed by atoms with Crippen LogP contribution in [0, 0.1) is 0 Å². The zero-order valence-electron chi connectivity index (χ0n) is 13.0. The maximum absolute atomic E-state index is 12.5. The summed E-state index contributed by atoms with van der Waals surface area (Å²) in [5, 5.41) is 1.24. The molecule has 1 aromatic heterocycles. The second kappa shape index (κ2) is 8.07. The monoisotopic (exact) mass is 342 g/mol. The number of thiocarbonyl (C=S) groups is 1. The van der Waals surface area contributed by atoms with Crippen LogP contribution in [-0.4, -0.2) is 27.1 Å². The molecule has 7 heteroatoms. The Morgan fingerprint density at radius 2 is 2.00 bits per heavy atom. The highest BCUT2D eigenvalue weighted by Gasteiger charge is 2.15. The van der Waals surface area contributed by atoms with Gasteiger partial charge in [-0.3, -0.25) is 20.0 Å². The average Bonchev–Trinajstić information content (AvgIpc) is 2.57. The van der Waals surface area contributed by atoms with Gasteiger partial charge >= 0.3 is 0 Å². The predicted molar refractivity (Wildman–Crippen MR) is 97.4 cm³/mol. The van der Waals surface area contributed by atoms with Crippen LogP contribution in [-0.2, 0) is 6.54 Å². The largest absolute Gasteiger partial charge is 0.375 e. The van der Waals surface area contributed by atoms with Crippen LogP contribution >= 0.6 is 12.2 Å². The topological polar surface area (TPSA) is 80.4 Å². The second-order valence-electron chi connectivity index (χ2n) is 5.02. The van der Waals surface area contributed by atoms with Crippen molar-refractivity contribution in [3.8, 4) is 0 Å². The summed E-state index contributed by atoms with van der Waals surface area (Å²) in [6, 6.07) is 12.6. The summed E-state index contributed by atoms with van der Waals surface area (Å²) in [4.78, 5) is 24.9. The Balaban J connectivity index is 2.23. The van der Waals surface area contributed by atoms with E-state index in [1.807, 2.05) is 30.3 Å². The van der Waals surface area contributed by atoms with Crippen molar-refractivity contribution in [3.05, 3.63) is 82.8 Å². The summed E-state index contributed by atoms with van der Waals surface area (Å²) in [5.41, 5.74) is 8.63. The van der Waals surface area contributed by atoms with Crippen LogP contribution in [0.5, 0.6) is 0 Å². The summed E-state index contributed by atoms with van der Waals surface area (Å²) in [6.45, 7) is 4.19. The Hall–Kier alpha value is -2.93. The maximum atomic E-state index is 12.5. The van der Waals surface area contributed by atoms with Crippen molar-refractivity contribution in [2.24, 2.45) is 5.73 Å². The van der Waals surface area contributed by atoms with Crippen LogP contribution in [0.25, 0.3) is 0 Å². The molecule has 0 fully saturated rings. The lowest BCUT2D eigenvalue weighted by molar-refractivity contribution is 0.0876. The zero-order chi connectivity index (χ0) is 17.5. The molecule has 0 aliphatic heterocycles. The minimum absolute atomic E-state index is 0.0104. The number of carbonyl (C=O) groups excluding carboxylic acids is 1. The SMILES string of the molecule is C=CCN(NC(=O)c1cccn(Cc2ccccc2)c1=O)C(N)=S. The van der Waals surface area contributed by atoms with E-state index in [2.05, 4.69) is 12.0 Å². The highest BCUT2D eigenvalue weighted by Crippen LogP contribution is 2.01. The van der Waals surface area contributed by atoms with Crippen molar-refractivity contribution in [1.82, 2.24) is 15.0 Å². The van der Waals surface area contributed by atoms with E-state index in [9.17, 15) is 9.59 Å². The summed E-state index contributed by atoms with van der Waals surface area (Å²) in [5.74, 6) is -0.572. The third-order valence-electron chi connectivity index (χ3n) is 3.27. The summed E-state index contributed by atoms with van der Waals surface area (Å²) in [6.07, 6.45) is 3.18. The van der Waals surface area contributed by atoms with Crippen molar-refractivity contribution in [3.63, 3.8) is 0 Å². The summed E-state index contributed by atoms with van der Waals surface area (Å²) < 4.78 is 1.48. The van der Waals surface area contributed by atoms with Gasteiger partial charge < -0.3 is 10.3 Å². The van der Waals surface area contributed by atoms with Gasteiger partial charge in [0.25, 0.3) is 11.5 Å². The molecule has 0 radical (unpaired) electrons. The van der Waals surface area contributed by atoms with E-state index in [4.69, 9.17) is 18.0 Å². The standard InChI is InChI=1S/C17H18N4O2S/c1-2-10-21(17(18)24)19-15(22)14-9-6-11-20(16(14)23)12-13-7-4-3-5-8-13/h2-9,11H,1,10,12H2,(H2,18,24)(H,19,22). The molecule has 0 bridgehead atoms. The smallest absolute Gasteiger partial charge is 0.275 e. The summed E-state index contributed by atoms with van der Waals surface area (Å²) in [7, 11) is 0. The number of aromatic nitrogens is 1. The Kier molecular flexibility index (Phi) is 5.86. The molecule has 0 atom stereocenters. The van der Waals surface area contributed by atoms with E-state index in [-0.39, 0.29) is 22.8 Å². The fourth-order valence-corrected chi connectivity index (χ4v) is 2.24. The third-order valence-corrected chi connectivity index (χ3v) is 3.50. The quantitative estimate of drug-likeness (QED) is 0.486. The van der Waals surface area contributed by atoms with Crippen molar-refractivity contribution in [1.29, 1.82) is 0 Å². The van der Waals surface area contributed by atoms with E-state index in [0.29, 0.717) is 6.54 Å². The number of hydrogen-bond donors (Lipinski definition) is 2. The second-order valence-corrected chi connectivity index (χ2v) is 5.44. The first kappa shape index (κ1) is 17.4. The lowest BCUT2D eigenvalue weighted by Crippen LogP contribution is -2.49. The lowest BCUT2D eigenvalue weighted by Gasteiger charge is -2.21. The Morgan fingerprint density at radius 1 is 1.29 bits per heavy atom. The zero-order valence-corrected chi connectivity index (χ0v) is 13.8. The molecule has 2 aromatic rings. The van der Waals surface area contributed by atoms with Crippen molar-refractivity contribution in [2.45, 2.75) is 6.54 Å². The van der Waals surface area contributed by atoms with Crippen molar-refractivity contribution >= 4 is 23.2 Å². The molecule has 0 aliphatic rings. The Morgan fingerprint density at radius 3 is 2.62 bits per heavy atom. The van der Waals surface area contributed by atoms with E-state index < -0.39 is 5.91 Å². The van der Waals surface area contributed by atoms with Gasteiger partial charge in [0, 0.05) is 6.20 Å². The van der Waals surface area contributed by atoms with Crippen LogP contribution in [0.1, 0.15) is 15.9 Å². The van der Waals surface area contributed by atoms with Gasteiger partial charge in [-0.2, -0.15) is 0 Å². The van der Waals surface area contributed by atoms with Crippen LogP contribution < -0.4 is 16.7 Å². The number of hydrogen-bond acceptors (Lipinski definition) is 3. The molecule has 1 amide bonds. The van der Waals surface area contributed by atoms with E-state index >= 15 is 0 Å². The van der Waals surface area contributed by atoms with Gasteiger partial charge in [-0.25, -0.2) is 0 Å². The molecular formula is C17H18N4O2S. The van der Waals surface area contributed by atoms with Gasteiger partial charge in [-0.1, -0.05) is 36.4 Å². The molecule has 24 heavy (non-hydrogen) atoms. The number of nitrogens with one attached hydrogen (secondary N) is 1. The first-order valence-electron chi connectivity index (χ1n) is 7.25. The van der Waals surface area contributed by atoms with Gasteiger partial charge in [0.05, 0.1) is 13.1 Å². The molecule has 1 aromatic carbocycles. The fourth-order valence-electron chi connectivity index (χ4n) is 2.12. The Labute approximate surface area is 145 Å². The van der Waals surface area contributed by atoms with Gasteiger partial charge in [0.15, 0.2) is 5.11 Å². The van der Waals surface area contributed by atoms with Crippen LogP contribution in [0.15, 0.2) is 66.1 Å². The number of benzene rings is 1. The first-order valence-corrected chi connectivity index (χ1v) is 7.66. The molecule has 0 unspecified atom stereocenters. The molecule has 0 saturated heterocycles. The molecule has 124 valence electrons. The number of amides is 1. The number of hydrazine groups is 1. The van der Waals surface area contributed by atoms with Crippen LogP contribution in [0.4, 0.5) is 0 Å². The van der Waals surface area contributed by atoms with Gasteiger partial charge in [0.2, 0.25) is 0 Å². The van der Waals surface area contributed by atoms with Gasteiger partial charge in [-0.05, 0) is 29.9 Å². The number of carbonyl (C=O) groups is 1. The highest BCUT2D eigenvalue weighted by molar-refractivity contribution is 7.80. The van der Waals surface area contributed by atoms with E-state index in [0.717, 1.165) is 5.56 Å². The average molecular weight is 342 g/mol. The lowest BCUT2D eigenvalue weighted by atomic mass is 10.2. The number of nitrogens with two attached hydrogens (primary N) is 1. The number of rotatable bonds is 5. The number of nitrogens with zero attached hydrogens (tertiary/aromatic N) is 2. The van der Waals surface area contributed by atoms with Gasteiger partial charge in [0.1, 0.15) is 5.56 Å². The normalized spacial score (nSPS) is 10.0. The third kappa shape index (κ3) is 4.30. The van der Waals surface area contributed by atoms with E-state index in [1.165, 1.54) is 21.7 Å².